The molecule has 2 heterocycles. The first-order valence-corrected chi connectivity index (χ1v) is 21.8. The topological polar surface area (TPSA) is 82.3 Å². The van der Waals surface area contributed by atoms with Crippen molar-refractivity contribution in [3.8, 4) is 0 Å². The van der Waals surface area contributed by atoms with E-state index in [1.54, 1.807) is 0 Å². The minimum absolute atomic E-state index is 0.00416. The van der Waals surface area contributed by atoms with Gasteiger partial charge in [-0.15, -0.1) is 0 Å². The van der Waals surface area contributed by atoms with E-state index in [0.717, 1.165) is 45.7 Å². The van der Waals surface area contributed by atoms with Crippen LogP contribution in [0.15, 0.2) is 71.8 Å². The van der Waals surface area contributed by atoms with Crippen LogP contribution in [0.25, 0.3) is 0 Å². The van der Waals surface area contributed by atoms with Crippen molar-refractivity contribution in [3.05, 3.63) is 83.0 Å². The average molecular weight is 729 g/mol. The van der Waals surface area contributed by atoms with Gasteiger partial charge in [-0.2, -0.15) is 0 Å². The van der Waals surface area contributed by atoms with E-state index in [2.05, 4.69) is 101 Å². The average Bonchev–Trinajstić information content (AvgIpc) is 3.30. The van der Waals surface area contributed by atoms with E-state index >= 15 is 0 Å². The molecule has 0 radical (unpaired) electrons. The number of rotatable bonds is 13. The Morgan fingerprint density at radius 2 is 0.977 bits per heavy atom. The molecule has 0 aromatic heterocycles. The number of amides is 2. The summed E-state index contributed by atoms with van der Waals surface area (Å²) in [5, 5.41) is 13.6. The second-order valence-corrected chi connectivity index (χ2v) is 20.3. The Bertz CT molecular complexity index is 1320. The third-order valence-corrected chi connectivity index (χ3v) is 15.5. The van der Waals surface area contributed by atoms with Crippen LogP contribution < -0.4 is 30.2 Å². The van der Waals surface area contributed by atoms with Crippen molar-refractivity contribution in [2.45, 2.75) is 103 Å². The summed E-state index contributed by atoms with van der Waals surface area (Å²) in [7, 11) is 0. The van der Waals surface area contributed by atoms with Gasteiger partial charge < -0.3 is 0 Å². The summed E-state index contributed by atoms with van der Waals surface area (Å²) >= 11 is 0.126. The van der Waals surface area contributed by atoms with E-state index in [1.165, 1.54) is 11.1 Å². The molecule has 2 aromatic rings. The zero-order valence-corrected chi connectivity index (χ0v) is 31.1. The van der Waals surface area contributed by atoms with Crippen LogP contribution in [0.4, 0.5) is 0 Å². The first-order chi connectivity index (χ1) is 20.6. The van der Waals surface area contributed by atoms with Crippen LogP contribution in [0.1, 0.15) is 102 Å². The van der Waals surface area contributed by atoms with Gasteiger partial charge in [-0.3, -0.25) is 0 Å². The van der Waals surface area contributed by atoms with Crippen molar-refractivity contribution in [3.63, 3.8) is 0 Å². The van der Waals surface area contributed by atoms with Gasteiger partial charge in [-0.1, -0.05) is 0 Å². The summed E-state index contributed by atoms with van der Waals surface area (Å²) in [6.45, 7) is 19.0. The number of benzene rings is 2. The molecule has 2 aliphatic heterocycles. The predicted octanol–water partition coefficient (Wildman–Crippen LogP) is 4.15. The molecular weight excluding hydrogens is 678 g/mol. The van der Waals surface area contributed by atoms with Crippen LogP contribution in [-0.2, 0) is 0 Å². The Morgan fingerprint density at radius 1 is 0.614 bits per heavy atom. The van der Waals surface area contributed by atoms with Gasteiger partial charge in [0, 0.05) is 0 Å². The maximum absolute atomic E-state index is 13.2. The van der Waals surface area contributed by atoms with Crippen molar-refractivity contribution in [1.29, 1.82) is 0 Å². The normalized spacial score (nSPS) is 19.3. The van der Waals surface area contributed by atoms with Gasteiger partial charge in [0.2, 0.25) is 0 Å². The summed E-state index contributed by atoms with van der Waals surface area (Å²) in [6.07, 6.45) is 8.40. The van der Waals surface area contributed by atoms with Crippen molar-refractivity contribution in [2.75, 3.05) is 13.1 Å². The molecule has 2 aliphatic rings. The molecule has 0 saturated heterocycles. The van der Waals surface area contributed by atoms with E-state index in [9.17, 15) is 9.59 Å². The van der Waals surface area contributed by atoms with E-state index < -0.39 is 0 Å². The van der Waals surface area contributed by atoms with Gasteiger partial charge in [0.05, 0.1) is 0 Å². The van der Waals surface area contributed by atoms with Crippen molar-refractivity contribution in [2.24, 2.45) is 0 Å². The van der Waals surface area contributed by atoms with E-state index in [1.807, 2.05) is 36.4 Å². The Kier molecular flexibility index (Phi) is 11.1. The quantitative estimate of drug-likeness (QED) is 0.142. The molecular formula is C36H50N4O2Se2. The van der Waals surface area contributed by atoms with Crippen molar-refractivity contribution < 1.29 is 9.59 Å². The number of hydrogen-bond acceptors (Lipinski definition) is 4. The summed E-state index contributed by atoms with van der Waals surface area (Å²) in [5.41, 5.74) is 4.29. The standard InChI is InChI=1S/C36H50N4O2Se2/c1-33(2)23-25(35(5,6)39-33)15-13-21-37-31(41)27-17-9-11-19-29(27)43-44-30-20-12-10-18-28(30)32(42)38-22-14-16-26-24-34(3,4)40-36(26,7)8/h9-12,17-20,23-24,39-40H,13-16,21-22H2,1-8H3,(H,37,41)(H,38,42). The third kappa shape index (κ3) is 9.19. The molecule has 0 spiro atoms. The molecule has 6 nitrogen and oxygen atoms in total. The Labute approximate surface area is 275 Å². The van der Waals surface area contributed by atoms with E-state index in [0.29, 0.717) is 13.1 Å². The van der Waals surface area contributed by atoms with E-state index in [4.69, 9.17) is 0 Å². The van der Waals surface area contributed by atoms with Gasteiger partial charge in [0.15, 0.2) is 0 Å². The molecule has 4 rings (SSSR count). The van der Waals surface area contributed by atoms with Crippen molar-refractivity contribution in [1.82, 2.24) is 21.3 Å². The summed E-state index contributed by atoms with van der Waals surface area (Å²) in [6, 6.07) is 15.8. The van der Waals surface area contributed by atoms with Gasteiger partial charge in [-0.25, -0.2) is 0 Å². The Hall–Kier alpha value is -2.18. The summed E-state index contributed by atoms with van der Waals surface area (Å²) in [5.74, 6) is -0.0249. The first-order valence-electron chi connectivity index (χ1n) is 15.7. The number of nitrogens with one attached hydrogen (secondary N) is 4. The molecule has 0 unspecified atom stereocenters. The first kappa shape index (κ1) is 34.7. The fourth-order valence-corrected chi connectivity index (χ4v) is 13.7. The third-order valence-electron chi connectivity index (χ3n) is 8.25. The Balaban J connectivity index is 1.28. The second-order valence-electron chi connectivity index (χ2n) is 14.2. The molecule has 2 aromatic carbocycles. The number of hydrogen-bond donors (Lipinski definition) is 4. The van der Waals surface area contributed by atoms with Crippen LogP contribution in [0.5, 0.6) is 0 Å². The molecule has 0 saturated carbocycles. The fourth-order valence-electron chi connectivity index (χ4n) is 6.54. The number of carbonyl (C=O) groups is 2. The molecule has 2 amide bonds. The van der Waals surface area contributed by atoms with Crippen LogP contribution in [0.3, 0.4) is 0 Å². The maximum atomic E-state index is 13.2. The van der Waals surface area contributed by atoms with Gasteiger partial charge in [-0.05, 0) is 0 Å². The Morgan fingerprint density at radius 3 is 1.32 bits per heavy atom. The van der Waals surface area contributed by atoms with Crippen LogP contribution in [0.2, 0.25) is 0 Å². The van der Waals surface area contributed by atoms with Gasteiger partial charge in [0.25, 0.3) is 0 Å². The molecule has 0 atom stereocenters. The molecule has 0 aliphatic carbocycles. The van der Waals surface area contributed by atoms with Gasteiger partial charge >= 0.3 is 277 Å². The molecule has 44 heavy (non-hydrogen) atoms. The molecule has 238 valence electrons. The van der Waals surface area contributed by atoms with Crippen LogP contribution >= 0.6 is 0 Å². The molecule has 8 heteroatoms. The van der Waals surface area contributed by atoms with Gasteiger partial charge in [0.1, 0.15) is 0 Å². The van der Waals surface area contributed by atoms with Crippen LogP contribution in [-0.4, -0.2) is 73.3 Å². The zero-order chi connectivity index (χ0) is 32.2. The predicted molar refractivity (Wildman–Crippen MR) is 186 cm³/mol. The van der Waals surface area contributed by atoms with Crippen LogP contribution in [0, 0.1) is 0 Å². The molecule has 4 N–H and O–H groups in total. The summed E-state index contributed by atoms with van der Waals surface area (Å²) in [4.78, 5) is 26.4. The fraction of sp³-hybridized carbons (Fsp3) is 0.500. The van der Waals surface area contributed by atoms with Crippen molar-refractivity contribution >= 4 is 47.0 Å². The number of carbonyl (C=O) groups excluding carboxylic acids is 2. The monoisotopic (exact) mass is 730 g/mol. The van der Waals surface area contributed by atoms with E-state index in [-0.39, 0.29) is 60.2 Å². The molecule has 0 bridgehead atoms. The zero-order valence-electron chi connectivity index (χ0n) is 27.6. The minimum atomic E-state index is -0.0163. The second kappa shape index (κ2) is 14.1. The summed E-state index contributed by atoms with van der Waals surface area (Å²) < 4.78 is 2.17. The SMILES string of the molecule is CC1(C)C=C(CCCNC(=O)c2ccccc2[Se][Se]c2ccccc2C(=O)NCCCC2=CC(C)(C)NC2(C)C)C(C)(C)N1. The molecule has 0 fully saturated rings.